The van der Waals surface area contributed by atoms with Crippen LogP contribution in [0.1, 0.15) is 0 Å². The highest BCUT2D eigenvalue weighted by molar-refractivity contribution is 6.46. The molecule has 1 nitrogen and oxygen atoms in total. The third-order valence-electron chi connectivity index (χ3n) is 5.55. The van der Waals surface area contributed by atoms with E-state index in [0.29, 0.717) is 0 Å². The van der Waals surface area contributed by atoms with Crippen molar-refractivity contribution in [1.82, 2.24) is 0 Å². The first-order valence-corrected chi connectivity index (χ1v) is 8.97. The topological polar surface area (TPSA) is 13.1 Å². The minimum atomic E-state index is 0.954. The van der Waals surface area contributed by atoms with Gasteiger partial charge in [-0.1, -0.05) is 78.3 Å². The standard InChI is InChI=1S/C24H15BO/c25-20-13-19-16-9-2-1-7-14(16)15-8-3-4-10-17(15)22(19)24-23(20)18-11-5-6-12-21(18)26-24/h1-13H,25H2. The molecular weight excluding hydrogens is 315 g/mol. The monoisotopic (exact) mass is 330 g/mol. The van der Waals surface area contributed by atoms with E-state index in [1.807, 2.05) is 6.07 Å². The van der Waals surface area contributed by atoms with Gasteiger partial charge < -0.3 is 4.42 Å². The van der Waals surface area contributed by atoms with E-state index in [1.165, 1.54) is 48.6 Å². The lowest BCUT2D eigenvalue weighted by atomic mass is 9.85. The molecule has 120 valence electrons. The van der Waals surface area contributed by atoms with Crippen LogP contribution in [0.5, 0.6) is 0 Å². The van der Waals surface area contributed by atoms with E-state index in [2.05, 4.69) is 80.6 Å². The van der Waals surface area contributed by atoms with Crippen LogP contribution in [0.25, 0.3) is 54.3 Å². The van der Waals surface area contributed by atoms with Crippen LogP contribution in [0.2, 0.25) is 0 Å². The Labute approximate surface area is 151 Å². The molecule has 0 amide bonds. The molecular formula is C24H15BO. The molecule has 0 saturated heterocycles. The summed E-state index contributed by atoms with van der Waals surface area (Å²) >= 11 is 0. The predicted octanol–water partition coefficient (Wildman–Crippen LogP) is 5.30. The maximum absolute atomic E-state index is 6.40. The smallest absolute Gasteiger partial charge is 0.143 e. The molecule has 5 aromatic carbocycles. The number of hydrogen-bond acceptors (Lipinski definition) is 1. The molecule has 0 atom stereocenters. The minimum Gasteiger partial charge on any atom is -0.455 e. The summed E-state index contributed by atoms with van der Waals surface area (Å²) in [4.78, 5) is 0. The lowest BCUT2D eigenvalue weighted by molar-refractivity contribution is 0.673. The van der Waals surface area contributed by atoms with Crippen LogP contribution in [0.15, 0.2) is 83.3 Å². The molecule has 0 fully saturated rings. The van der Waals surface area contributed by atoms with Crippen LogP contribution in [0.3, 0.4) is 0 Å². The lowest BCUT2D eigenvalue weighted by Crippen LogP contribution is -2.03. The predicted molar refractivity (Wildman–Crippen MR) is 114 cm³/mol. The van der Waals surface area contributed by atoms with Gasteiger partial charge in [0.2, 0.25) is 0 Å². The molecule has 0 aliphatic heterocycles. The second-order valence-corrected chi connectivity index (χ2v) is 7.01. The molecule has 0 aliphatic rings. The first kappa shape index (κ1) is 14.0. The van der Waals surface area contributed by atoms with Crippen molar-refractivity contribution in [3.05, 3.63) is 78.9 Å². The van der Waals surface area contributed by atoms with Gasteiger partial charge in [-0.15, -0.1) is 0 Å². The Balaban J connectivity index is 2.04. The molecule has 1 heterocycles. The summed E-state index contributed by atoms with van der Waals surface area (Å²) in [5.74, 6) is 0. The molecule has 1 aromatic heterocycles. The summed E-state index contributed by atoms with van der Waals surface area (Å²) in [6.45, 7) is 0. The molecule has 0 aliphatic carbocycles. The largest absolute Gasteiger partial charge is 0.455 e. The van der Waals surface area contributed by atoms with Crippen molar-refractivity contribution in [2.45, 2.75) is 0 Å². The summed E-state index contributed by atoms with van der Waals surface area (Å²) < 4.78 is 6.40. The molecule has 6 aromatic rings. The molecule has 0 unspecified atom stereocenters. The first-order chi connectivity index (χ1) is 12.8. The molecule has 0 saturated carbocycles. The van der Waals surface area contributed by atoms with Crippen LogP contribution in [-0.4, -0.2) is 7.85 Å². The van der Waals surface area contributed by atoms with Crippen molar-refractivity contribution in [2.75, 3.05) is 0 Å². The highest BCUT2D eigenvalue weighted by Gasteiger charge is 2.17. The molecule has 0 N–H and O–H groups in total. The van der Waals surface area contributed by atoms with Gasteiger partial charge in [0.1, 0.15) is 19.0 Å². The van der Waals surface area contributed by atoms with Gasteiger partial charge in [0.25, 0.3) is 0 Å². The average molecular weight is 330 g/mol. The van der Waals surface area contributed by atoms with Crippen LogP contribution in [-0.2, 0) is 0 Å². The van der Waals surface area contributed by atoms with Crippen molar-refractivity contribution < 1.29 is 4.42 Å². The van der Waals surface area contributed by atoms with Crippen LogP contribution in [0, 0.1) is 0 Å². The maximum Gasteiger partial charge on any atom is 0.143 e. The SMILES string of the molecule is Bc1cc2c3ccccc3c3ccccc3c2c2oc3ccccc3c12. The van der Waals surface area contributed by atoms with E-state index in [9.17, 15) is 0 Å². The number of rotatable bonds is 0. The molecule has 0 bridgehead atoms. The minimum absolute atomic E-state index is 0.954. The van der Waals surface area contributed by atoms with Crippen molar-refractivity contribution >= 4 is 67.6 Å². The van der Waals surface area contributed by atoms with Gasteiger partial charge >= 0.3 is 0 Å². The zero-order valence-corrected chi connectivity index (χ0v) is 14.4. The Morgan fingerprint density at radius 1 is 0.538 bits per heavy atom. The van der Waals surface area contributed by atoms with Crippen LogP contribution >= 0.6 is 0 Å². The average Bonchev–Trinajstić information content (AvgIpc) is 3.08. The molecule has 0 spiro atoms. The molecule has 2 heteroatoms. The number of fused-ring (bicyclic) bond motifs is 10. The summed E-state index contributed by atoms with van der Waals surface area (Å²) in [5, 5.41) is 10.0. The van der Waals surface area contributed by atoms with Crippen LogP contribution < -0.4 is 5.46 Å². The Bertz CT molecular complexity index is 1490. The van der Waals surface area contributed by atoms with Gasteiger partial charge in [-0.25, -0.2) is 0 Å². The van der Waals surface area contributed by atoms with Gasteiger partial charge in [-0.05, 0) is 33.0 Å². The van der Waals surface area contributed by atoms with Crippen molar-refractivity contribution in [3.8, 4) is 0 Å². The quantitative estimate of drug-likeness (QED) is 0.272. The Kier molecular flexibility index (Phi) is 2.63. The summed E-state index contributed by atoms with van der Waals surface area (Å²) in [6, 6.07) is 28.0. The van der Waals surface area contributed by atoms with Gasteiger partial charge in [0, 0.05) is 16.2 Å². The first-order valence-electron chi connectivity index (χ1n) is 8.97. The Morgan fingerprint density at radius 3 is 1.81 bits per heavy atom. The summed E-state index contributed by atoms with van der Waals surface area (Å²) in [6.07, 6.45) is 0. The van der Waals surface area contributed by atoms with Crippen LogP contribution in [0.4, 0.5) is 0 Å². The van der Waals surface area contributed by atoms with E-state index < -0.39 is 0 Å². The normalized spacial score (nSPS) is 12.0. The second kappa shape index (κ2) is 4.89. The van der Waals surface area contributed by atoms with E-state index in [4.69, 9.17) is 4.42 Å². The number of benzene rings is 5. The van der Waals surface area contributed by atoms with E-state index in [1.54, 1.807) is 0 Å². The van der Waals surface area contributed by atoms with Gasteiger partial charge in [0.05, 0.1) is 0 Å². The maximum atomic E-state index is 6.40. The highest BCUT2D eigenvalue weighted by atomic mass is 16.3. The van der Waals surface area contributed by atoms with Gasteiger partial charge in [-0.3, -0.25) is 0 Å². The Morgan fingerprint density at radius 2 is 1.08 bits per heavy atom. The second-order valence-electron chi connectivity index (χ2n) is 7.01. The number of furan rings is 1. The number of para-hydroxylation sites is 1. The van der Waals surface area contributed by atoms with Crippen molar-refractivity contribution in [1.29, 1.82) is 0 Å². The van der Waals surface area contributed by atoms with E-state index >= 15 is 0 Å². The molecule has 26 heavy (non-hydrogen) atoms. The fraction of sp³-hybridized carbons (Fsp3) is 0. The zero-order valence-electron chi connectivity index (χ0n) is 14.4. The summed E-state index contributed by atoms with van der Waals surface area (Å²) in [7, 11) is 2.19. The van der Waals surface area contributed by atoms with E-state index in [-0.39, 0.29) is 0 Å². The molecule has 6 rings (SSSR count). The fourth-order valence-corrected chi connectivity index (χ4v) is 4.46. The van der Waals surface area contributed by atoms with Crippen molar-refractivity contribution in [3.63, 3.8) is 0 Å². The zero-order chi connectivity index (χ0) is 17.3. The summed E-state index contributed by atoms with van der Waals surface area (Å²) in [5.41, 5.74) is 3.22. The third-order valence-corrected chi connectivity index (χ3v) is 5.55. The number of hydrogen-bond donors (Lipinski definition) is 0. The lowest BCUT2D eigenvalue weighted by Gasteiger charge is -2.12. The van der Waals surface area contributed by atoms with E-state index in [0.717, 1.165) is 11.2 Å². The third kappa shape index (κ3) is 1.66. The highest BCUT2D eigenvalue weighted by Crippen LogP contribution is 2.40. The Hall–Kier alpha value is -3.26. The van der Waals surface area contributed by atoms with Gasteiger partial charge in [0.15, 0.2) is 0 Å². The fourth-order valence-electron chi connectivity index (χ4n) is 4.46. The molecule has 0 radical (unpaired) electrons. The van der Waals surface area contributed by atoms with Gasteiger partial charge in [-0.2, -0.15) is 0 Å². The van der Waals surface area contributed by atoms with Crippen molar-refractivity contribution in [2.24, 2.45) is 0 Å².